The first-order chi connectivity index (χ1) is 15.3. The number of aliphatic hydroxyl groups excluding tert-OH is 1. The van der Waals surface area contributed by atoms with Crippen molar-refractivity contribution >= 4 is 27.5 Å². The van der Waals surface area contributed by atoms with Gasteiger partial charge < -0.3 is 9.84 Å². The van der Waals surface area contributed by atoms with Gasteiger partial charge in [0.15, 0.2) is 0 Å². The van der Waals surface area contributed by atoms with Crippen LogP contribution in [0.2, 0.25) is 0 Å². The van der Waals surface area contributed by atoms with Crippen LogP contribution in [0.15, 0.2) is 52.3 Å². The Bertz CT molecular complexity index is 968. The Hall–Kier alpha value is -1.54. The van der Waals surface area contributed by atoms with Gasteiger partial charge in [-0.3, -0.25) is 4.31 Å². The summed E-state index contributed by atoms with van der Waals surface area (Å²) in [5.74, 6) is 1.71. The summed E-state index contributed by atoms with van der Waals surface area (Å²) in [7, 11) is -3.76. The molecule has 1 fully saturated rings. The molecule has 1 heterocycles. The molecule has 0 atom stereocenters. The Morgan fingerprint density at radius 3 is 2.41 bits per heavy atom. The van der Waals surface area contributed by atoms with Crippen molar-refractivity contribution in [1.29, 1.82) is 0 Å². The third-order valence-electron chi connectivity index (χ3n) is 5.77. The minimum atomic E-state index is -3.76. The summed E-state index contributed by atoms with van der Waals surface area (Å²) < 4.78 is 34.2. The van der Waals surface area contributed by atoms with Crippen molar-refractivity contribution in [2.45, 2.75) is 56.4 Å². The second-order valence-electron chi connectivity index (χ2n) is 8.74. The van der Waals surface area contributed by atoms with Crippen LogP contribution in [0.4, 0.5) is 5.69 Å². The molecule has 2 aromatic rings. The zero-order valence-corrected chi connectivity index (χ0v) is 20.9. The first-order valence-corrected chi connectivity index (χ1v) is 13.8. The number of hydrogen-bond acceptors (Lipinski definition) is 5. The molecule has 0 bridgehead atoms. The molecule has 0 radical (unpaired) electrons. The van der Waals surface area contributed by atoms with Crippen molar-refractivity contribution < 1.29 is 18.3 Å². The van der Waals surface area contributed by atoms with Gasteiger partial charge in [-0.15, -0.1) is 11.8 Å². The monoisotopic (exact) mass is 477 g/mol. The second kappa shape index (κ2) is 11.5. The average molecular weight is 478 g/mol. The second-order valence-corrected chi connectivity index (χ2v) is 11.7. The predicted molar refractivity (Wildman–Crippen MR) is 132 cm³/mol. The van der Waals surface area contributed by atoms with Gasteiger partial charge in [0.1, 0.15) is 0 Å². The fourth-order valence-electron chi connectivity index (χ4n) is 3.80. The summed E-state index contributed by atoms with van der Waals surface area (Å²) in [5, 5.41) is 9.96. The van der Waals surface area contributed by atoms with Gasteiger partial charge in [-0.1, -0.05) is 32.9 Å². The molecule has 0 amide bonds. The van der Waals surface area contributed by atoms with Crippen LogP contribution in [0.3, 0.4) is 0 Å². The maximum atomic E-state index is 13.6. The molecule has 7 heteroatoms. The third-order valence-corrected chi connectivity index (χ3v) is 8.91. The summed E-state index contributed by atoms with van der Waals surface area (Å²) in [6.45, 7) is 7.92. The van der Waals surface area contributed by atoms with Gasteiger partial charge in [-0.05, 0) is 72.6 Å². The van der Waals surface area contributed by atoms with E-state index in [2.05, 4.69) is 6.92 Å². The lowest BCUT2D eigenvalue weighted by molar-refractivity contribution is 0.0728. The van der Waals surface area contributed by atoms with E-state index in [1.807, 2.05) is 44.2 Å². The fraction of sp³-hybridized carbons (Fsp3) is 0.520. The van der Waals surface area contributed by atoms with E-state index in [1.54, 1.807) is 23.9 Å². The molecular formula is C25H35NO4S2. The highest BCUT2D eigenvalue weighted by molar-refractivity contribution is 7.99. The molecule has 1 aliphatic heterocycles. The van der Waals surface area contributed by atoms with E-state index in [0.29, 0.717) is 23.7 Å². The molecule has 1 saturated heterocycles. The van der Waals surface area contributed by atoms with Crippen molar-refractivity contribution in [1.82, 2.24) is 0 Å². The number of rotatable bonds is 10. The third kappa shape index (κ3) is 6.28. The number of ether oxygens (including phenoxy) is 1. The number of anilines is 1. The van der Waals surface area contributed by atoms with Crippen molar-refractivity contribution in [2.75, 3.05) is 29.8 Å². The Labute approximate surface area is 197 Å². The fourth-order valence-corrected chi connectivity index (χ4v) is 6.70. The van der Waals surface area contributed by atoms with Crippen molar-refractivity contribution in [3.63, 3.8) is 0 Å². The Kier molecular flexibility index (Phi) is 9.05. The van der Waals surface area contributed by atoms with Crippen LogP contribution in [0, 0.1) is 11.8 Å². The van der Waals surface area contributed by atoms with Crippen LogP contribution >= 0.6 is 11.8 Å². The predicted octanol–water partition coefficient (Wildman–Crippen LogP) is 5.11. The van der Waals surface area contributed by atoms with Crippen LogP contribution in [0.5, 0.6) is 0 Å². The Balaban J connectivity index is 1.86. The average Bonchev–Trinajstić information content (AvgIpc) is 2.81. The van der Waals surface area contributed by atoms with Crippen LogP contribution in [-0.2, 0) is 27.8 Å². The van der Waals surface area contributed by atoms with Gasteiger partial charge in [0.05, 0.1) is 17.2 Å². The number of aliphatic hydroxyl groups is 1. The first-order valence-electron chi connectivity index (χ1n) is 11.4. The van der Waals surface area contributed by atoms with E-state index in [1.165, 1.54) is 9.87 Å². The number of benzene rings is 2. The summed E-state index contributed by atoms with van der Waals surface area (Å²) in [4.78, 5) is 1.16. The summed E-state index contributed by atoms with van der Waals surface area (Å²) in [6.07, 6.45) is 3.01. The number of thioether (sulfide) groups is 1. The SMILES string of the molecule is CCc1ccc(N(CC(C)C)S(=O)(=O)c2ccc(SCC3CCOCC3)c(CO)c2)cc1. The standard InChI is InChI=1S/C25H35NO4S2/c1-4-20-5-7-23(8-6-20)26(16-19(2)3)32(28,29)24-9-10-25(22(15-24)17-27)31-18-21-11-13-30-14-12-21/h5-10,15,19,21,27H,4,11-14,16-18H2,1-3H3. The maximum Gasteiger partial charge on any atom is 0.264 e. The number of aryl methyl sites for hydroxylation is 1. The normalized spacial score (nSPS) is 15.3. The molecule has 1 aliphatic rings. The van der Waals surface area contributed by atoms with Crippen LogP contribution in [0.25, 0.3) is 0 Å². The quantitative estimate of drug-likeness (QED) is 0.482. The van der Waals surface area contributed by atoms with E-state index < -0.39 is 10.0 Å². The molecule has 0 aromatic heterocycles. The van der Waals surface area contributed by atoms with Gasteiger partial charge in [0, 0.05) is 30.4 Å². The van der Waals surface area contributed by atoms with E-state index in [0.717, 1.165) is 43.1 Å². The Morgan fingerprint density at radius 2 is 1.81 bits per heavy atom. The molecule has 0 saturated carbocycles. The highest BCUT2D eigenvalue weighted by Gasteiger charge is 2.27. The molecule has 0 unspecified atom stereocenters. The maximum absolute atomic E-state index is 13.6. The minimum absolute atomic E-state index is 0.169. The van der Waals surface area contributed by atoms with Gasteiger partial charge in [0.25, 0.3) is 10.0 Å². The van der Waals surface area contributed by atoms with Gasteiger partial charge in [0.2, 0.25) is 0 Å². The van der Waals surface area contributed by atoms with Crippen molar-refractivity contribution in [3.05, 3.63) is 53.6 Å². The zero-order valence-electron chi connectivity index (χ0n) is 19.3. The molecule has 2 aromatic carbocycles. The summed E-state index contributed by atoms with van der Waals surface area (Å²) >= 11 is 1.69. The van der Waals surface area contributed by atoms with Crippen molar-refractivity contribution in [3.8, 4) is 0 Å². The van der Waals surface area contributed by atoms with E-state index in [4.69, 9.17) is 4.74 Å². The topological polar surface area (TPSA) is 66.8 Å². The molecule has 0 aliphatic carbocycles. The minimum Gasteiger partial charge on any atom is -0.392 e. The largest absolute Gasteiger partial charge is 0.392 e. The first kappa shape index (κ1) is 25.1. The smallest absolute Gasteiger partial charge is 0.264 e. The molecule has 3 rings (SSSR count). The van der Waals surface area contributed by atoms with Gasteiger partial charge >= 0.3 is 0 Å². The molecular weight excluding hydrogens is 442 g/mol. The van der Waals surface area contributed by atoms with Crippen LogP contribution in [0.1, 0.15) is 44.7 Å². The van der Waals surface area contributed by atoms with Gasteiger partial charge in [-0.25, -0.2) is 8.42 Å². The van der Waals surface area contributed by atoms with E-state index in [9.17, 15) is 13.5 Å². The lowest BCUT2D eigenvalue weighted by Gasteiger charge is -2.27. The summed E-state index contributed by atoms with van der Waals surface area (Å²) in [6, 6.07) is 12.9. The number of sulfonamides is 1. The van der Waals surface area contributed by atoms with Gasteiger partial charge in [-0.2, -0.15) is 0 Å². The van der Waals surface area contributed by atoms with Crippen LogP contribution in [-0.4, -0.2) is 39.0 Å². The molecule has 5 nitrogen and oxygen atoms in total. The van der Waals surface area contributed by atoms with E-state index >= 15 is 0 Å². The lowest BCUT2D eigenvalue weighted by Crippen LogP contribution is -2.34. The van der Waals surface area contributed by atoms with Crippen molar-refractivity contribution in [2.24, 2.45) is 11.8 Å². The highest BCUT2D eigenvalue weighted by atomic mass is 32.2. The van der Waals surface area contributed by atoms with Crippen LogP contribution < -0.4 is 4.31 Å². The number of hydrogen-bond donors (Lipinski definition) is 1. The molecule has 176 valence electrons. The molecule has 32 heavy (non-hydrogen) atoms. The zero-order chi connectivity index (χ0) is 23.1. The number of nitrogens with zero attached hydrogens (tertiary/aromatic N) is 1. The highest BCUT2D eigenvalue weighted by Crippen LogP contribution is 2.32. The summed E-state index contributed by atoms with van der Waals surface area (Å²) in [5.41, 5.74) is 2.50. The lowest BCUT2D eigenvalue weighted by atomic mass is 10.0. The molecule has 0 spiro atoms. The molecule has 1 N–H and O–H groups in total. The van der Waals surface area contributed by atoms with E-state index in [-0.39, 0.29) is 17.4 Å². The Morgan fingerprint density at radius 1 is 1.12 bits per heavy atom.